The predicted octanol–water partition coefficient (Wildman–Crippen LogP) is 2.51. The summed E-state index contributed by atoms with van der Waals surface area (Å²) in [5, 5.41) is 7.45. The molecule has 0 aliphatic carbocycles. The van der Waals surface area contributed by atoms with Crippen LogP contribution in [0, 0.1) is 18.3 Å². The Balaban J connectivity index is 2.12. The van der Waals surface area contributed by atoms with Crippen LogP contribution in [0.25, 0.3) is 0 Å². The first-order valence-corrected chi connectivity index (χ1v) is 6.65. The summed E-state index contributed by atoms with van der Waals surface area (Å²) < 4.78 is 0. The van der Waals surface area contributed by atoms with E-state index < -0.39 is 0 Å². The molecule has 1 aromatic carbocycles. The fraction of sp³-hybridized carbons (Fsp3) is 0.533. The maximum absolute atomic E-state index is 7.45. The highest BCUT2D eigenvalue weighted by Crippen LogP contribution is 2.25. The van der Waals surface area contributed by atoms with E-state index >= 15 is 0 Å². The smallest absolute Gasteiger partial charge is 0.122 e. The first kappa shape index (κ1) is 13.1. The van der Waals surface area contributed by atoms with Crippen LogP contribution in [0.1, 0.15) is 37.0 Å². The molecule has 0 saturated carbocycles. The van der Waals surface area contributed by atoms with Crippen molar-refractivity contribution in [3.8, 4) is 0 Å². The molecule has 98 valence electrons. The molecule has 0 radical (unpaired) electrons. The van der Waals surface area contributed by atoms with Gasteiger partial charge in [0.05, 0.1) is 0 Å². The molecule has 1 aliphatic rings. The molecule has 2 unspecified atom stereocenters. The van der Waals surface area contributed by atoms with Gasteiger partial charge in [-0.15, -0.1) is 0 Å². The zero-order valence-corrected chi connectivity index (χ0v) is 11.5. The second-order valence-corrected chi connectivity index (χ2v) is 5.67. The van der Waals surface area contributed by atoms with Crippen molar-refractivity contribution in [2.24, 2.45) is 11.7 Å². The fourth-order valence-corrected chi connectivity index (χ4v) is 2.87. The van der Waals surface area contributed by atoms with Crippen LogP contribution in [0.2, 0.25) is 0 Å². The third-order valence-corrected chi connectivity index (χ3v) is 3.94. The van der Waals surface area contributed by atoms with Crippen molar-refractivity contribution in [2.75, 3.05) is 6.54 Å². The number of nitrogen functional groups attached to an aromatic ring is 1. The molecule has 1 saturated heterocycles. The summed E-state index contributed by atoms with van der Waals surface area (Å²) in [6.45, 7) is 8.93. The van der Waals surface area contributed by atoms with E-state index in [1.54, 1.807) is 0 Å². The van der Waals surface area contributed by atoms with Crippen molar-refractivity contribution < 1.29 is 0 Å². The van der Waals surface area contributed by atoms with Crippen molar-refractivity contribution in [1.82, 2.24) is 4.90 Å². The Morgan fingerprint density at radius 2 is 2.17 bits per heavy atom. The number of hydrogen-bond acceptors (Lipinski definition) is 2. The SMILES string of the molecule is Cc1cc(C(=N)N)ccc1CN1CC(C)CC1C. The maximum atomic E-state index is 7.45. The number of likely N-dealkylation sites (tertiary alicyclic amines) is 1. The summed E-state index contributed by atoms with van der Waals surface area (Å²) in [5.41, 5.74) is 8.91. The molecule has 18 heavy (non-hydrogen) atoms. The zero-order valence-electron chi connectivity index (χ0n) is 11.5. The topological polar surface area (TPSA) is 53.1 Å². The van der Waals surface area contributed by atoms with Crippen molar-refractivity contribution in [1.29, 1.82) is 5.41 Å². The molecule has 2 atom stereocenters. The molecule has 0 spiro atoms. The van der Waals surface area contributed by atoms with Gasteiger partial charge in [-0.25, -0.2) is 0 Å². The summed E-state index contributed by atoms with van der Waals surface area (Å²) in [6, 6.07) is 6.75. The van der Waals surface area contributed by atoms with Crippen LogP contribution < -0.4 is 5.73 Å². The van der Waals surface area contributed by atoms with Gasteiger partial charge in [0.15, 0.2) is 0 Å². The minimum atomic E-state index is 0.146. The highest BCUT2D eigenvalue weighted by Gasteiger charge is 2.26. The number of hydrogen-bond donors (Lipinski definition) is 2. The molecule has 0 aromatic heterocycles. The number of benzene rings is 1. The van der Waals surface area contributed by atoms with Gasteiger partial charge in [-0.3, -0.25) is 10.3 Å². The third-order valence-electron chi connectivity index (χ3n) is 3.94. The average molecular weight is 245 g/mol. The summed E-state index contributed by atoms with van der Waals surface area (Å²) >= 11 is 0. The van der Waals surface area contributed by atoms with Crippen LogP contribution in [0.15, 0.2) is 18.2 Å². The van der Waals surface area contributed by atoms with Crippen molar-refractivity contribution in [3.63, 3.8) is 0 Å². The Bertz CT molecular complexity index is 453. The van der Waals surface area contributed by atoms with E-state index in [2.05, 4.69) is 31.7 Å². The lowest BCUT2D eigenvalue weighted by atomic mass is 10.0. The number of rotatable bonds is 3. The molecular weight excluding hydrogens is 222 g/mol. The number of nitrogens with zero attached hydrogens (tertiary/aromatic N) is 1. The van der Waals surface area contributed by atoms with Crippen molar-refractivity contribution >= 4 is 5.84 Å². The molecule has 3 heteroatoms. The van der Waals surface area contributed by atoms with Gasteiger partial charge in [0, 0.05) is 24.7 Å². The highest BCUT2D eigenvalue weighted by molar-refractivity contribution is 5.95. The van der Waals surface area contributed by atoms with Gasteiger partial charge in [0.25, 0.3) is 0 Å². The largest absolute Gasteiger partial charge is 0.384 e. The Hall–Kier alpha value is -1.35. The predicted molar refractivity (Wildman–Crippen MR) is 75.8 cm³/mol. The van der Waals surface area contributed by atoms with Gasteiger partial charge in [-0.1, -0.05) is 19.1 Å². The summed E-state index contributed by atoms with van der Waals surface area (Å²) in [4.78, 5) is 2.54. The zero-order chi connectivity index (χ0) is 13.3. The van der Waals surface area contributed by atoms with E-state index in [0.29, 0.717) is 6.04 Å². The van der Waals surface area contributed by atoms with Gasteiger partial charge in [-0.2, -0.15) is 0 Å². The summed E-state index contributed by atoms with van der Waals surface area (Å²) in [5.74, 6) is 0.949. The van der Waals surface area contributed by atoms with Crippen LogP contribution >= 0.6 is 0 Å². The van der Waals surface area contributed by atoms with E-state index in [1.165, 1.54) is 24.1 Å². The summed E-state index contributed by atoms with van der Waals surface area (Å²) in [6.07, 6.45) is 1.30. The molecule has 3 nitrogen and oxygen atoms in total. The second-order valence-electron chi connectivity index (χ2n) is 5.67. The molecule has 1 heterocycles. The van der Waals surface area contributed by atoms with Crippen LogP contribution in [-0.4, -0.2) is 23.3 Å². The van der Waals surface area contributed by atoms with Gasteiger partial charge >= 0.3 is 0 Å². The van der Waals surface area contributed by atoms with Crippen molar-refractivity contribution in [2.45, 2.75) is 39.8 Å². The second kappa shape index (κ2) is 5.11. The first-order valence-electron chi connectivity index (χ1n) is 6.65. The Morgan fingerprint density at radius 1 is 1.44 bits per heavy atom. The van der Waals surface area contributed by atoms with E-state index in [1.807, 2.05) is 12.1 Å². The average Bonchev–Trinajstić information content (AvgIpc) is 2.60. The standard InChI is InChI=1S/C15H23N3/c1-10-6-12(3)18(8-10)9-14-5-4-13(15(16)17)7-11(14)2/h4-5,7,10,12H,6,8-9H2,1-3H3,(H3,16,17). The van der Waals surface area contributed by atoms with Crippen LogP contribution in [0.5, 0.6) is 0 Å². The maximum Gasteiger partial charge on any atom is 0.122 e. The minimum absolute atomic E-state index is 0.146. The molecule has 3 N–H and O–H groups in total. The van der Waals surface area contributed by atoms with Crippen LogP contribution in [0.4, 0.5) is 0 Å². The fourth-order valence-electron chi connectivity index (χ4n) is 2.87. The quantitative estimate of drug-likeness (QED) is 0.635. The normalized spacial score (nSPS) is 24.4. The highest BCUT2D eigenvalue weighted by atomic mass is 15.2. The van der Waals surface area contributed by atoms with Crippen molar-refractivity contribution in [3.05, 3.63) is 34.9 Å². The lowest BCUT2D eigenvalue weighted by Gasteiger charge is -2.22. The third kappa shape index (κ3) is 2.72. The Labute approximate surface area is 109 Å². The van der Waals surface area contributed by atoms with E-state index in [-0.39, 0.29) is 5.84 Å². The molecule has 1 fully saturated rings. The lowest BCUT2D eigenvalue weighted by molar-refractivity contribution is 0.256. The number of nitrogens with two attached hydrogens (primary N) is 1. The van der Waals surface area contributed by atoms with Crippen LogP contribution in [0.3, 0.4) is 0 Å². The Kier molecular flexibility index (Phi) is 3.71. The minimum Gasteiger partial charge on any atom is -0.384 e. The molecule has 1 aliphatic heterocycles. The molecule has 0 amide bonds. The van der Waals surface area contributed by atoms with Gasteiger partial charge in [0.2, 0.25) is 0 Å². The number of aryl methyl sites for hydroxylation is 1. The molecular formula is C15H23N3. The summed E-state index contributed by atoms with van der Waals surface area (Å²) in [7, 11) is 0. The van der Waals surface area contributed by atoms with E-state index in [4.69, 9.17) is 11.1 Å². The van der Waals surface area contributed by atoms with Crippen LogP contribution in [-0.2, 0) is 6.54 Å². The molecule has 1 aromatic rings. The lowest BCUT2D eigenvalue weighted by Crippen LogP contribution is -2.27. The van der Waals surface area contributed by atoms with E-state index in [9.17, 15) is 0 Å². The van der Waals surface area contributed by atoms with E-state index in [0.717, 1.165) is 18.0 Å². The molecule has 2 rings (SSSR count). The molecule has 0 bridgehead atoms. The van der Waals surface area contributed by atoms with Gasteiger partial charge < -0.3 is 5.73 Å². The van der Waals surface area contributed by atoms with Gasteiger partial charge in [-0.05, 0) is 43.4 Å². The van der Waals surface area contributed by atoms with Gasteiger partial charge in [0.1, 0.15) is 5.84 Å². The number of amidine groups is 1. The first-order chi connectivity index (χ1) is 8.47. The Morgan fingerprint density at radius 3 is 2.67 bits per heavy atom. The monoisotopic (exact) mass is 245 g/mol. The number of nitrogens with one attached hydrogen (secondary N) is 1.